The molecule has 0 unspecified atom stereocenters. The fourth-order valence-corrected chi connectivity index (χ4v) is 4.03. The van der Waals surface area contributed by atoms with E-state index in [1.165, 1.54) is 7.11 Å². The number of methoxy groups -OCH3 is 2. The van der Waals surface area contributed by atoms with Crippen LogP contribution in [0.2, 0.25) is 0 Å². The molecule has 2 aromatic carbocycles. The Hall–Kier alpha value is -4.45. The topological polar surface area (TPSA) is 149 Å². The number of hydrogen-bond donors (Lipinski definition) is 4. The molecule has 41 heavy (non-hydrogen) atoms. The molecule has 12 heteroatoms. The highest BCUT2D eigenvalue weighted by atomic mass is 16.5. The molecule has 1 aliphatic rings. The van der Waals surface area contributed by atoms with Gasteiger partial charge in [-0.1, -0.05) is 19.4 Å². The van der Waals surface area contributed by atoms with E-state index in [0.717, 1.165) is 18.4 Å². The molecule has 0 fully saturated rings. The van der Waals surface area contributed by atoms with E-state index < -0.39 is 24.3 Å². The zero-order valence-corrected chi connectivity index (χ0v) is 24.0. The highest BCUT2D eigenvalue weighted by Gasteiger charge is 2.32. The predicted molar refractivity (Wildman–Crippen MR) is 152 cm³/mol. The van der Waals surface area contributed by atoms with Gasteiger partial charge < -0.3 is 39.4 Å². The summed E-state index contributed by atoms with van der Waals surface area (Å²) in [5, 5.41) is 19.8. The molecule has 222 valence electrons. The molecule has 3 rings (SSSR count). The number of esters is 1. The van der Waals surface area contributed by atoms with Crippen LogP contribution in [0, 0.1) is 0 Å². The number of hydrazone groups is 1. The molecule has 2 amide bonds. The first-order chi connectivity index (χ1) is 19.8. The third-order valence-electron chi connectivity index (χ3n) is 6.05. The number of allylic oxidation sites excluding steroid dienone is 1. The Kier molecular flexibility index (Phi) is 11.6. The maximum Gasteiger partial charge on any atom is 0.337 e. The molecule has 12 nitrogen and oxygen atoms in total. The van der Waals surface area contributed by atoms with E-state index in [0.29, 0.717) is 47.5 Å². The monoisotopic (exact) mass is 570 g/mol. The molecule has 0 saturated carbocycles. The van der Waals surface area contributed by atoms with Gasteiger partial charge in [-0.2, -0.15) is 5.10 Å². The van der Waals surface area contributed by atoms with Gasteiger partial charge in [0.25, 0.3) is 0 Å². The van der Waals surface area contributed by atoms with Crippen LogP contribution in [0.4, 0.5) is 4.79 Å². The summed E-state index contributed by atoms with van der Waals surface area (Å²) < 4.78 is 27.6. The Morgan fingerprint density at radius 1 is 1.07 bits per heavy atom. The first kappa shape index (κ1) is 31.1. The summed E-state index contributed by atoms with van der Waals surface area (Å²) in [4.78, 5) is 24.5. The molecule has 0 bridgehead atoms. The maximum atomic E-state index is 12.4. The zero-order chi connectivity index (χ0) is 29.8. The van der Waals surface area contributed by atoms with Crippen molar-refractivity contribution in [2.24, 2.45) is 5.10 Å². The second-order valence-electron chi connectivity index (χ2n) is 9.03. The van der Waals surface area contributed by atoms with E-state index in [2.05, 4.69) is 28.1 Å². The second kappa shape index (κ2) is 15.4. The number of hydrogen-bond acceptors (Lipinski definition) is 10. The van der Waals surface area contributed by atoms with E-state index in [1.54, 1.807) is 44.5 Å². The van der Waals surface area contributed by atoms with E-state index in [-0.39, 0.29) is 12.2 Å². The number of aliphatic hydroxyl groups excluding tert-OH is 1. The third kappa shape index (κ3) is 8.52. The van der Waals surface area contributed by atoms with Crippen molar-refractivity contribution in [2.45, 2.75) is 45.9 Å². The molecule has 4 N–H and O–H groups in total. The van der Waals surface area contributed by atoms with Crippen molar-refractivity contribution in [3.8, 4) is 23.0 Å². The largest absolute Gasteiger partial charge is 0.493 e. The number of nitrogens with one attached hydrogen (secondary N) is 3. The van der Waals surface area contributed by atoms with Crippen LogP contribution in [0.1, 0.15) is 50.8 Å². The van der Waals surface area contributed by atoms with Gasteiger partial charge in [0.05, 0.1) is 45.3 Å². The van der Waals surface area contributed by atoms with Gasteiger partial charge in [0.15, 0.2) is 29.2 Å². The van der Waals surface area contributed by atoms with Gasteiger partial charge in [-0.3, -0.25) is 5.43 Å². The normalized spacial score (nSPS) is 15.6. The van der Waals surface area contributed by atoms with Crippen molar-refractivity contribution in [1.82, 2.24) is 16.1 Å². The Labute approximate surface area is 239 Å². The molecular weight excluding hydrogens is 532 g/mol. The number of ether oxygens (including phenoxy) is 5. The van der Waals surface area contributed by atoms with Gasteiger partial charge in [0, 0.05) is 5.70 Å². The minimum absolute atomic E-state index is 0.138. The summed E-state index contributed by atoms with van der Waals surface area (Å²) in [7, 11) is 2.85. The molecule has 2 aromatic rings. The van der Waals surface area contributed by atoms with Crippen LogP contribution in [0.25, 0.3) is 0 Å². The van der Waals surface area contributed by atoms with Crippen LogP contribution in [0.15, 0.2) is 52.8 Å². The quantitative estimate of drug-likeness (QED) is 0.0831. The average Bonchev–Trinajstić information content (AvgIpc) is 2.96. The van der Waals surface area contributed by atoms with E-state index in [4.69, 9.17) is 23.7 Å². The van der Waals surface area contributed by atoms with Gasteiger partial charge in [-0.05, 0) is 61.7 Å². The van der Waals surface area contributed by atoms with Crippen molar-refractivity contribution in [1.29, 1.82) is 0 Å². The van der Waals surface area contributed by atoms with Crippen LogP contribution in [-0.2, 0) is 9.53 Å². The van der Waals surface area contributed by atoms with Crippen molar-refractivity contribution < 1.29 is 38.4 Å². The molecule has 1 aliphatic heterocycles. The fourth-order valence-electron chi connectivity index (χ4n) is 4.03. The van der Waals surface area contributed by atoms with Crippen molar-refractivity contribution in [3.05, 3.63) is 58.8 Å². The molecule has 1 heterocycles. The lowest BCUT2D eigenvalue weighted by Crippen LogP contribution is -2.45. The molecule has 0 aliphatic carbocycles. The third-order valence-corrected chi connectivity index (χ3v) is 6.05. The summed E-state index contributed by atoms with van der Waals surface area (Å²) in [6.45, 7) is 6.36. The minimum atomic E-state index is -1.13. The van der Waals surface area contributed by atoms with Crippen molar-refractivity contribution in [3.63, 3.8) is 0 Å². The lowest BCUT2D eigenvalue weighted by molar-refractivity contribution is -0.136. The van der Waals surface area contributed by atoms with Gasteiger partial charge in [0.2, 0.25) is 0 Å². The number of amides is 2. The number of unbranched alkanes of at least 4 members (excludes halogenated alkanes) is 1. The fraction of sp³-hybridized carbons (Fsp3) is 0.414. The number of benzene rings is 2. The number of aliphatic hydroxyl groups is 1. The molecule has 2 atom stereocenters. The first-order valence-corrected chi connectivity index (χ1v) is 13.3. The summed E-state index contributed by atoms with van der Waals surface area (Å²) in [6.07, 6.45) is 2.41. The molecule has 0 saturated heterocycles. The van der Waals surface area contributed by atoms with Crippen LogP contribution < -0.4 is 35.0 Å². The summed E-state index contributed by atoms with van der Waals surface area (Å²) in [6, 6.07) is 9.26. The molecule has 0 aromatic heterocycles. The van der Waals surface area contributed by atoms with Gasteiger partial charge >= 0.3 is 12.0 Å². The van der Waals surface area contributed by atoms with E-state index in [1.807, 2.05) is 19.1 Å². The van der Waals surface area contributed by atoms with Crippen LogP contribution >= 0.6 is 0 Å². The molecular formula is C29H38N4O8. The Bertz CT molecular complexity index is 1260. The smallest absolute Gasteiger partial charge is 0.337 e. The first-order valence-electron chi connectivity index (χ1n) is 13.3. The Balaban J connectivity index is 1.65. The summed E-state index contributed by atoms with van der Waals surface area (Å²) >= 11 is 0. The van der Waals surface area contributed by atoms with Gasteiger partial charge in [-0.15, -0.1) is 0 Å². The van der Waals surface area contributed by atoms with Gasteiger partial charge in [-0.25, -0.2) is 9.59 Å². The number of nitrogens with zero attached hydrogens (tertiary/aromatic N) is 1. The highest BCUT2D eigenvalue weighted by molar-refractivity contribution is 5.95. The zero-order valence-electron chi connectivity index (χ0n) is 24.0. The van der Waals surface area contributed by atoms with Crippen LogP contribution in [0.3, 0.4) is 0 Å². The van der Waals surface area contributed by atoms with E-state index >= 15 is 0 Å². The van der Waals surface area contributed by atoms with Crippen molar-refractivity contribution >= 4 is 18.2 Å². The van der Waals surface area contributed by atoms with E-state index in [9.17, 15) is 14.7 Å². The number of carbonyl (C=O) groups is 2. The number of urea groups is 1. The Morgan fingerprint density at radius 2 is 1.83 bits per heavy atom. The second-order valence-corrected chi connectivity index (χ2v) is 9.03. The lowest BCUT2D eigenvalue weighted by atomic mass is 9.95. The van der Waals surface area contributed by atoms with Crippen LogP contribution in [0.5, 0.6) is 23.0 Å². The molecule has 0 spiro atoms. The minimum Gasteiger partial charge on any atom is -0.493 e. The van der Waals surface area contributed by atoms with Crippen molar-refractivity contribution in [2.75, 3.05) is 34.0 Å². The standard InChI is InChI=1S/C29H38N4O8/c1-6-8-13-40-21-11-9-19(14-23(21)37-4)16-30-33-25(34)17-41-22-12-10-20(15-24(22)39-7-2)27-26(28(35)38-5)18(3)31-29(36)32-27/h9-12,14-16,25,27,33-34H,6-8,13,17H2,1-5H3,(H2,31,32,36)/b30-16-/t25-,27-/m0/s1. The van der Waals surface area contributed by atoms with Gasteiger partial charge in [0.1, 0.15) is 6.61 Å². The van der Waals surface area contributed by atoms with Crippen LogP contribution in [-0.4, -0.2) is 63.6 Å². The predicted octanol–water partition coefficient (Wildman–Crippen LogP) is 3.39. The average molecular weight is 571 g/mol. The molecule has 0 radical (unpaired) electrons. The maximum absolute atomic E-state index is 12.4. The summed E-state index contributed by atoms with van der Waals surface area (Å²) in [5.41, 5.74) is 4.63. The SMILES string of the molecule is CCCCOc1ccc(/C=N\N[C@@H](O)COc2ccc([C@@H]3NC(=O)NC(C)=C3C(=O)OC)cc2OCC)cc1OC. The summed E-state index contributed by atoms with van der Waals surface area (Å²) in [5.74, 6) is 1.43. The Morgan fingerprint density at radius 3 is 2.54 bits per heavy atom. The lowest BCUT2D eigenvalue weighted by Gasteiger charge is -2.28. The number of carbonyl (C=O) groups excluding carboxylic acids is 2. The highest BCUT2D eigenvalue weighted by Crippen LogP contribution is 2.35. The number of rotatable bonds is 15.